The van der Waals surface area contributed by atoms with Gasteiger partial charge in [-0.15, -0.1) is 11.3 Å². The number of fused-ring (bicyclic) bond motifs is 1. The Morgan fingerprint density at radius 3 is 2.39 bits per heavy atom. The summed E-state index contributed by atoms with van der Waals surface area (Å²) in [7, 11) is 0. The Bertz CT molecular complexity index is 1180. The van der Waals surface area contributed by atoms with Gasteiger partial charge >= 0.3 is 0 Å². The molecule has 0 bridgehead atoms. The third kappa shape index (κ3) is 10.3. The molecule has 41 heavy (non-hydrogen) atoms. The van der Waals surface area contributed by atoms with Crippen molar-refractivity contribution in [1.82, 2.24) is 20.9 Å². The summed E-state index contributed by atoms with van der Waals surface area (Å²) < 4.78 is 1.19. The van der Waals surface area contributed by atoms with Crippen LogP contribution in [-0.2, 0) is 20.8 Å². The van der Waals surface area contributed by atoms with Crippen LogP contribution in [0.25, 0.3) is 10.1 Å². The molecule has 2 aromatic rings. The van der Waals surface area contributed by atoms with Crippen LogP contribution in [0.5, 0.6) is 0 Å². The number of nitrogens with zero attached hydrogens (tertiary/aromatic N) is 1. The number of rotatable bonds is 15. The maximum Gasteiger partial charge on any atom is 0.247 e. The van der Waals surface area contributed by atoms with E-state index in [9.17, 15) is 14.4 Å². The first-order chi connectivity index (χ1) is 19.6. The summed E-state index contributed by atoms with van der Waals surface area (Å²) in [6.45, 7) is 16.5. The van der Waals surface area contributed by atoms with Crippen molar-refractivity contribution in [1.29, 1.82) is 0 Å². The lowest BCUT2D eigenvalue weighted by molar-refractivity contribution is -0.128. The molecule has 0 spiro atoms. The van der Waals surface area contributed by atoms with E-state index in [4.69, 9.17) is 0 Å². The van der Waals surface area contributed by atoms with Gasteiger partial charge in [-0.2, -0.15) is 0 Å². The molecule has 1 saturated carbocycles. The Hall–Kier alpha value is -2.71. The molecule has 7 nitrogen and oxygen atoms in total. The summed E-state index contributed by atoms with van der Waals surface area (Å²) in [6, 6.07) is 7.72. The molecule has 8 heteroatoms. The molecule has 226 valence electrons. The lowest BCUT2D eigenvalue weighted by Crippen LogP contribution is -2.53. The highest BCUT2D eigenvalue weighted by Gasteiger charge is 2.26. The first-order valence-corrected chi connectivity index (χ1v) is 16.2. The molecular weight excluding hydrogens is 532 g/mol. The molecule has 0 aliphatic heterocycles. The van der Waals surface area contributed by atoms with E-state index in [1.54, 1.807) is 11.3 Å². The normalized spacial score (nSPS) is 15.6. The molecule has 0 unspecified atom stereocenters. The van der Waals surface area contributed by atoms with Crippen molar-refractivity contribution in [3.8, 4) is 0 Å². The Morgan fingerprint density at radius 2 is 1.76 bits per heavy atom. The molecule has 1 aromatic heterocycles. The number of amides is 3. The van der Waals surface area contributed by atoms with Gasteiger partial charge < -0.3 is 16.0 Å². The van der Waals surface area contributed by atoms with Crippen LogP contribution in [-0.4, -0.2) is 60.9 Å². The second-order valence-corrected chi connectivity index (χ2v) is 13.0. The third-order valence-corrected chi connectivity index (χ3v) is 9.31. The molecule has 0 saturated heterocycles. The van der Waals surface area contributed by atoms with E-state index < -0.39 is 6.04 Å². The molecule has 3 amide bonds. The maximum absolute atomic E-state index is 13.6. The average Bonchev–Trinajstić information content (AvgIpc) is 3.35. The second-order valence-electron chi connectivity index (χ2n) is 11.8. The van der Waals surface area contributed by atoms with Crippen molar-refractivity contribution in [2.45, 2.75) is 97.6 Å². The molecular formula is C33H50N4O3S. The van der Waals surface area contributed by atoms with E-state index in [1.807, 2.05) is 0 Å². The molecule has 1 aliphatic carbocycles. The molecule has 0 radical (unpaired) electrons. The monoisotopic (exact) mass is 582 g/mol. The van der Waals surface area contributed by atoms with Crippen molar-refractivity contribution in [2.24, 2.45) is 5.92 Å². The Labute approximate surface area is 250 Å². The summed E-state index contributed by atoms with van der Waals surface area (Å²) >= 11 is 1.67. The highest BCUT2D eigenvalue weighted by molar-refractivity contribution is 7.19. The number of thiophene rings is 1. The van der Waals surface area contributed by atoms with Gasteiger partial charge in [-0.25, -0.2) is 0 Å². The van der Waals surface area contributed by atoms with Crippen LogP contribution < -0.4 is 16.0 Å². The summed E-state index contributed by atoms with van der Waals surface area (Å²) in [5, 5.41) is 10.3. The van der Waals surface area contributed by atoms with Gasteiger partial charge in [0, 0.05) is 47.6 Å². The highest BCUT2D eigenvalue weighted by Crippen LogP contribution is 2.30. The number of carbonyl (C=O) groups is 3. The molecule has 1 aliphatic rings. The number of nitrogens with one attached hydrogen (secondary N) is 3. The van der Waals surface area contributed by atoms with Gasteiger partial charge in [0.15, 0.2) is 0 Å². The van der Waals surface area contributed by atoms with Crippen LogP contribution in [0.3, 0.4) is 0 Å². The van der Waals surface area contributed by atoms with E-state index in [1.165, 1.54) is 36.4 Å². The number of hydrogen-bond acceptors (Lipinski definition) is 5. The van der Waals surface area contributed by atoms with E-state index >= 15 is 0 Å². The number of carbonyl (C=O) groups excluding carboxylic acids is 3. The van der Waals surface area contributed by atoms with Gasteiger partial charge in [-0.05, 0) is 54.4 Å². The average molecular weight is 583 g/mol. The van der Waals surface area contributed by atoms with Crippen molar-refractivity contribution in [2.75, 3.05) is 26.2 Å². The molecule has 1 fully saturated rings. The van der Waals surface area contributed by atoms with Gasteiger partial charge in [0.05, 0.1) is 0 Å². The molecule has 1 heterocycles. The van der Waals surface area contributed by atoms with Crippen LogP contribution in [0.1, 0.15) is 89.5 Å². The van der Waals surface area contributed by atoms with E-state index in [0.29, 0.717) is 36.9 Å². The van der Waals surface area contributed by atoms with Crippen LogP contribution in [0.15, 0.2) is 36.4 Å². The van der Waals surface area contributed by atoms with Gasteiger partial charge in [-0.1, -0.05) is 78.5 Å². The SMILES string of the molecule is C=C(CN(CC)CC)C(=O)NC[C@H](CC1CCCCC1)NC(=O)[C@H](Cc1cc2ccc(C(C)C)cc2s1)NC(C)=O. The van der Waals surface area contributed by atoms with Gasteiger partial charge in [0.1, 0.15) is 6.04 Å². The minimum atomic E-state index is -0.688. The minimum absolute atomic E-state index is 0.177. The minimum Gasteiger partial charge on any atom is -0.350 e. The smallest absolute Gasteiger partial charge is 0.247 e. The van der Waals surface area contributed by atoms with Crippen LogP contribution in [0.4, 0.5) is 0 Å². The second kappa shape index (κ2) is 16.1. The quantitative estimate of drug-likeness (QED) is 0.241. The van der Waals surface area contributed by atoms with Crippen molar-refractivity contribution in [3.63, 3.8) is 0 Å². The zero-order valence-corrected chi connectivity index (χ0v) is 26.5. The van der Waals surface area contributed by atoms with Crippen molar-refractivity contribution in [3.05, 3.63) is 46.9 Å². The highest BCUT2D eigenvalue weighted by atomic mass is 32.1. The van der Waals surface area contributed by atoms with Crippen molar-refractivity contribution >= 4 is 39.1 Å². The molecule has 3 N–H and O–H groups in total. The summed E-state index contributed by atoms with van der Waals surface area (Å²) in [5.74, 6) is 0.334. The first kappa shape index (κ1) is 32.8. The molecule has 2 atom stereocenters. The fourth-order valence-electron chi connectivity index (χ4n) is 5.67. The number of benzene rings is 1. The van der Waals surface area contributed by atoms with Crippen LogP contribution in [0, 0.1) is 5.92 Å². The Kier molecular flexibility index (Phi) is 12.9. The van der Waals surface area contributed by atoms with E-state index in [0.717, 1.165) is 42.6 Å². The predicted molar refractivity (Wildman–Crippen MR) is 170 cm³/mol. The standard InChI is InChI=1S/C33H50N4O3S/c1-7-37(8-2)21-23(5)32(39)34-20-28(16-25-12-10-9-11-13-25)36-33(40)30(35-24(6)38)19-29-17-27-15-14-26(22(3)4)18-31(27)41-29/h14-15,17-18,22,25,28,30H,5,7-13,16,19-21H2,1-4,6H3,(H,34,39)(H,35,38)(H,36,40)/t28-,30-/m0/s1. The summed E-state index contributed by atoms with van der Waals surface area (Å²) in [4.78, 5) is 41.8. The number of likely N-dealkylation sites (N-methyl/N-ethyl adjacent to an activating group) is 1. The van der Waals surface area contributed by atoms with E-state index in [-0.39, 0.29) is 23.8 Å². The van der Waals surface area contributed by atoms with E-state index in [2.05, 4.69) is 79.4 Å². The molecule has 1 aromatic carbocycles. The van der Waals surface area contributed by atoms with Gasteiger partial charge in [0.2, 0.25) is 17.7 Å². The Balaban J connectivity index is 1.71. The van der Waals surface area contributed by atoms with Crippen LogP contribution >= 0.6 is 11.3 Å². The predicted octanol–water partition coefficient (Wildman–Crippen LogP) is 5.54. The third-order valence-electron chi connectivity index (χ3n) is 8.19. The van der Waals surface area contributed by atoms with Gasteiger partial charge in [-0.3, -0.25) is 19.3 Å². The lowest BCUT2D eigenvalue weighted by atomic mass is 9.84. The zero-order chi connectivity index (χ0) is 29.9. The fourth-order valence-corrected chi connectivity index (χ4v) is 6.83. The summed E-state index contributed by atoms with van der Waals surface area (Å²) in [6.07, 6.45) is 7.18. The number of hydrogen-bond donors (Lipinski definition) is 3. The Morgan fingerprint density at radius 1 is 1.05 bits per heavy atom. The largest absolute Gasteiger partial charge is 0.350 e. The lowest BCUT2D eigenvalue weighted by Gasteiger charge is -2.29. The first-order valence-electron chi connectivity index (χ1n) is 15.4. The topological polar surface area (TPSA) is 90.5 Å². The zero-order valence-electron chi connectivity index (χ0n) is 25.7. The van der Waals surface area contributed by atoms with Crippen LogP contribution in [0.2, 0.25) is 0 Å². The maximum atomic E-state index is 13.6. The molecule has 3 rings (SSSR count). The fraction of sp³-hybridized carbons (Fsp3) is 0.606. The van der Waals surface area contributed by atoms with Gasteiger partial charge in [0.25, 0.3) is 0 Å². The van der Waals surface area contributed by atoms with Crippen molar-refractivity contribution < 1.29 is 14.4 Å². The summed E-state index contributed by atoms with van der Waals surface area (Å²) in [5.41, 5.74) is 1.81.